The van der Waals surface area contributed by atoms with Crippen LogP contribution >= 0.6 is 0 Å². The largest absolute Gasteiger partial charge is 0.337 e. The molecule has 0 bridgehead atoms. The summed E-state index contributed by atoms with van der Waals surface area (Å²) in [6, 6.07) is 20.5. The highest BCUT2D eigenvalue weighted by molar-refractivity contribution is 5.95. The van der Waals surface area contributed by atoms with Gasteiger partial charge in [-0.1, -0.05) is 48.5 Å². The van der Waals surface area contributed by atoms with Crippen molar-refractivity contribution in [3.63, 3.8) is 0 Å². The zero-order valence-electron chi connectivity index (χ0n) is 18.9. The first-order valence-electron chi connectivity index (χ1n) is 11.6. The SMILES string of the molecule is CN(Cc1ccccc1)C(=O)c1cn[nH]c1[C@H]1CCCN(Cc2ccnc3ccccc23)C1. The van der Waals surface area contributed by atoms with Gasteiger partial charge in [0.25, 0.3) is 5.91 Å². The molecular formula is C27H29N5O. The van der Waals surface area contributed by atoms with Crippen molar-refractivity contribution in [3.8, 4) is 0 Å². The molecule has 0 radical (unpaired) electrons. The Balaban J connectivity index is 1.30. The van der Waals surface area contributed by atoms with E-state index in [1.807, 2.05) is 49.6 Å². The van der Waals surface area contributed by atoms with Gasteiger partial charge >= 0.3 is 0 Å². The minimum Gasteiger partial charge on any atom is -0.337 e. The molecule has 0 unspecified atom stereocenters. The number of fused-ring (bicyclic) bond motifs is 1. The normalized spacial score (nSPS) is 16.7. The predicted octanol–water partition coefficient (Wildman–Crippen LogP) is 4.61. The molecule has 6 nitrogen and oxygen atoms in total. The number of nitrogens with zero attached hydrogens (tertiary/aromatic N) is 4. The molecule has 1 atom stereocenters. The molecule has 0 aliphatic carbocycles. The van der Waals surface area contributed by atoms with Gasteiger partial charge in [-0.3, -0.25) is 19.8 Å². The first kappa shape index (κ1) is 21.3. The third kappa shape index (κ3) is 4.66. The molecular weight excluding hydrogens is 410 g/mol. The zero-order chi connectivity index (χ0) is 22.6. The van der Waals surface area contributed by atoms with Crippen LogP contribution in [0, 0.1) is 0 Å². The average Bonchev–Trinajstić information content (AvgIpc) is 3.35. The Morgan fingerprint density at radius 3 is 2.82 bits per heavy atom. The number of H-pyrrole nitrogens is 1. The lowest BCUT2D eigenvalue weighted by atomic mass is 9.91. The molecule has 5 rings (SSSR count). The van der Waals surface area contributed by atoms with Crippen LogP contribution < -0.4 is 0 Å². The highest BCUT2D eigenvalue weighted by Gasteiger charge is 2.28. The van der Waals surface area contributed by atoms with E-state index in [1.54, 1.807) is 11.1 Å². The Morgan fingerprint density at radius 1 is 1.12 bits per heavy atom. The van der Waals surface area contributed by atoms with Crippen LogP contribution in [-0.4, -0.2) is 51.0 Å². The number of carbonyl (C=O) groups excluding carboxylic acids is 1. The van der Waals surface area contributed by atoms with Gasteiger partial charge in [-0.2, -0.15) is 5.10 Å². The topological polar surface area (TPSA) is 65.1 Å². The molecule has 33 heavy (non-hydrogen) atoms. The first-order chi connectivity index (χ1) is 16.2. The van der Waals surface area contributed by atoms with Crippen molar-refractivity contribution in [1.82, 2.24) is 25.0 Å². The lowest BCUT2D eigenvalue weighted by Crippen LogP contribution is -2.35. The van der Waals surface area contributed by atoms with Gasteiger partial charge in [0, 0.05) is 44.2 Å². The van der Waals surface area contributed by atoms with Gasteiger partial charge in [-0.15, -0.1) is 0 Å². The highest BCUT2D eigenvalue weighted by Crippen LogP contribution is 2.30. The summed E-state index contributed by atoms with van der Waals surface area (Å²) in [6.45, 7) is 3.42. The Labute approximate surface area is 194 Å². The van der Waals surface area contributed by atoms with E-state index in [4.69, 9.17) is 0 Å². The fourth-order valence-corrected chi connectivity index (χ4v) is 4.88. The van der Waals surface area contributed by atoms with Crippen molar-refractivity contribution in [3.05, 3.63) is 95.4 Å². The number of amides is 1. The lowest BCUT2D eigenvalue weighted by molar-refractivity contribution is 0.0782. The van der Waals surface area contributed by atoms with Crippen LogP contribution in [0.2, 0.25) is 0 Å². The maximum atomic E-state index is 13.2. The molecule has 2 aromatic carbocycles. The van der Waals surface area contributed by atoms with Crippen LogP contribution in [0.15, 0.2) is 73.1 Å². The van der Waals surface area contributed by atoms with Crippen molar-refractivity contribution in [2.75, 3.05) is 20.1 Å². The van der Waals surface area contributed by atoms with Gasteiger partial charge in [-0.05, 0) is 42.6 Å². The number of hydrogen-bond acceptors (Lipinski definition) is 4. The van der Waals surface area contributed by atoms with Gasteiger partial charge in [0.05, 0.1) is 23.0 Å². The number of aromatic nitrogens is 3. The number of nitrogens with one attached hydrogen (secondary N) is 1. The molecule has 2 aromatic heterocycles. The first-order valence-corrected chi connectivity index (χ1v) is 11.6. The van der Waals surface area contributed by atoms with Crippen LogP contribution in [0.3, 0.4) is 0 Å². The van der Waals surface area contributed by atoms with Crippen LogP contribution in [-0.2, 0) is 13.1 Å². The third-order valence-corrected chi connectivity index (χ3v) is 6.56. The van der Waals surface area contributed by atoms with Gasteiger partial charge in [0.15, 0.2) is 0 Å². The second kappa shape index (κ2) is 9.55. The van der Waals surface area contributed by atoms with Crippen molar-refractivity contribution < 1.29 is 4.79 Å². The number of piperidine rings is 1. The molecule has 1 aliphatic heterocycles. The second-order valence-corrected chi connectivity index (χ2v) is 8.91. The number of para-hydroxylation sites is 1. The van der Waals surface area contributed by atoms with Crippen LogP contribution in [0.5, 0.6) is 0 Å². The molecule has 1 amide bonds. The van der Waals surface area contributed by atoms with Crippen molar-refractivity contribution in [2.24, 2.45) is 0 Å². The van der Waals surface area contributed by atoms with E-state index in [9.17, 15) is 4.79 Å². The van der Waals surface area contributed by atoms with E-state index in [0.717, 1.165) is 49.2 Å². The molecule has 1 aliphatic rings. The minimum absolute atomic E-state index is 0.0138. The predicted molar refractivity (Wildman–Crippen MR) is 130 cm³/mol. The lowest BCUT2D eigenvalue weighted by Gasteiger charge is -2.33. The fraction of sp³-hybridized carbons (Fsp3) is 0.296. The number of carbonyl (C=O) groups is 1. The van der Waals surface area contributed by atoms with Crippen LogP contribution in [0.25, 0.3) is 10.9 Å². The minimum atomic E-state index is 0.0138. The number of rotatable bonds is 6. The Bertz CT molecular complexity index is 1230. The van der Waals surface area contributed by atoms with Crippen LogP contribution in [0.4, 0.5) is 0 Å². The quantitative estimate of drug-likeness (QED) is 0.477. The molecule has 0 saturated carbocycles. The Kier molecular flexibility index (Phi) is 6.17. The van der Waals surface area contributed by atoms with Crippen molar-refractivity contribution in [2.45, 2.75) is 31.8 Å². The van der Waals surface area contributed by atoms with E-state index in [2.05, 4.69) is 44.3 Å². The average molecular weight is 440 g/mol. The standard InChI is InChI=1S/C27H29N5O/c1-31(17-20-8-3-2-4-9-20)27(33)24-16-29-30-26(24)22-10-7-15-32(19-22)18-21-13-14-28-25-12-6-5-11-23(21)25/h2-6,8-9,11-14,16,22H,7,10,15,17-19H2,1H3,(H,29,30)/t22-/m0/s1. The molecule has 6 heteroatoms. The van der Waals surface area contributed by atoms with Crippen molar-refractivity contribution in [1.29, 1.82) is 0 Å². The zero-order valence-corrected chi connectivity index (χ0v) is 18.9. The van der Waals surface area contributed by atoms with E-state index in [1.165, 1.54) is 10.9 Å². The van der Waals surface area contributed by atoms with Gasteiger partial charge in [0.1, 0.15) is 0 Å². The highest BCUT2D eigenvalue weighted by atomic mass is 16.2. The summed E-state index contributed by atoms with van der Waals surface area (Å²) in [5.41, 5.74) is 5.10. The smallest absolute Gasteiger partial charge is 0.257 e. The van der Waals surface area contributed by atoms with E-state index in [-0.39, 0.29) is 11.8 Å². The van der Waals surface area contributed by atoms with Crippen molar-refractivity contribution >= 4 is 16.8 Å². The summed E-state index contributed by atoms with van der Waals surface area (Å²) in [7, 11) is 1.85. The summed E-state index contributed by atoms with van der Waals surface area (Å²) in [5.74, 6) is 0.276. The third-order valence-electron chi connectivity index (χ3n) is 6.56. The molecule has 4 aromatic rings. The fourth-order valence-electron chi connectivity index (χ4n) is 4.88. The summed E-state index contributed by atoms with van der Waals surface area (Å²) in [6.07, 6.45) is 5.74. The summed E-state index contributed by atoms with van der Waals surface area (Å²) < 4.78 is 0. The number of likely N-dealkylation sites (tertiary alicyclic amines) is 1. The van der Waals surface area contributed by atoms with Crippen LogP contribution in [0.1, 0.15) is 45.9 Å². The monoisotopic (exact) mass is 439 g/mol. The number of hydrogen-bond donors (Lipinski definition) is 1. The van der Waals surface area contributed by atoms with E-state index in [0.29, 0.717) is 12.1 Å². The second-order valence-electron chi connectivity index (χ2n) is 8.91. The van der Waals surface area contributed by atoms with Gasteiger partial charge in [-0.25, -0.2) is 0 Å². The molecule has 1 fully saturated rings. The van der Waals surface area contributed by atoms with Gasteiger partial charge in [0.2, 0.25) is 0 Å². The number of pyridine rings is 1. The molecule has 1 N–H and O–H groups in total. The molecule has 168 valence electrons. The van der Waals surface area contributed by atoms with E-state index < -0.39 is 0 Å². The van der Waals surface area contributed by atoms with E-state index >= 15 is 0 Å². The molecule has 1 saturated heterocycles. The summed E-state index contributed by atoms with van der Waals surface area (Å²) in [5, 5.41) is 8.62. The summed E-state index contributed by atoms with van der Waals surface area (Å²) in [4.78, 5) is 22.0. The maximum Gasteiger partial charge on any atom is 0.257 e. The Hall–Kier alpha value is -3.51. The summed E-state index contributed by atoms with van der Waals surface area (Å²) >= 11 is 0. The Morgan fingerprint density at radius 2 is 1.94 bits per heavy atom. The van der Waals surface area contributed by atoms with Gasteiger partial charge < -0.3 is 4.90 Å². The molecule has 0 spiro atoms. The maximum absolute atomic E-state index is 13.2. The number of aromatic amines is 1. The number of benzene rings is 2. The molecule has 3 heterocycles.